The van der Waals surface area contributed by atoms with E-state index < -0.39 is 0 Å². The van der Waals surface area contributed by atoms with Crippen LogP contribution in [0.3, 0.4) is 0 Å². The van der Waals surface area contributed by atoms with E-state index in [9.17, 15) is 4.79 Å². The monoisotopic (exact) mass is 208 g/mol. The van der Waals surface area contributed by atoms with Gasteiger partial charge in [-0.3, -0.25) is 9.48 Å². The summed E-state index contributed by atoms with van der Waals surface area (Å²) in [7, 11) is 1.89. The highest BCUT2D eigenvalue weighted by atomic mass is 16.2. The molecular weight excluding hydrogens is 192 g/mol. The van der Waals surface area contributed by atoms with Gasteiger partial charge in [-0.2, -0.15) is 5.10 Å². The summed E-state index contributed by atoms with van der Waals surface area (Å²) >= 11 is 0. The van der Waals surface area contributed by atoms with Gasteiger partial charge in [0.1, 0.15) is 0 Å². The largest absolute Gasteiger partial charge is 0.355 e. The van der Waals surface area contributed by atoms with Gasteiger partial charge in [-0.25, -0.2) is 0 Å². The third-order valence-electron chi connectivity index (χ3n) is 2.58. The fourth-order valence-electron chi connectivity index (χ4n) is 1.75. The molecule has 82 valence electrons. The van der Waals surface area contributed by atoms with E-state index >= 15 is 0 Å². The van der Waals surface area contributed by atoms with Gasteiger partial charge in [-0.1, -0.05) is 0 Å². The van der Waals surface area contributed by atoms with E-state index in [1.807, 2.05) is 19.3 Å². The quantitative estimate of drug-likeness (QED) is 0.722. The molecule has 5 heteroatoms. The number of piperidine rings is 1. The Labute approximate surface area is 88.8 Å². The van der Waals surface area contributed by atoms with Gasteiger partial charge >= 0.3 is 0 Å². The van der Waals surface area contributed by atoms with Gasteiger partial charge in [-0.15, -0.1) is 0 Å². The van der Waals surface area contributed by atoms with Gasteiger partial charge in [0.15, 0.2) is 0 Å². The first-order chi connectivity index (χ1) is 7.25. The van der Waals surface area contributed by atoms with E-state index in [0.717, 1.165) is 25.1 Å². The van der Waals surface area contributed by atoms with E-state index in [1.165, 1.54) is 0 Å². The molecule has 0 aromatic carbocycles. The van der Waals surface area contributed by atoms with Crippen molar-refractivity contribution < 1.29 is 4.79 Å². The Hall–Kier alpha value is -1.36. The molecule has 1 aliphatic rings. The lowest BCUT2D eigenvalue weighted by Crippen LogP contribution is -2.47. The standard InChI is InChI=1S/C10H16N4O/c1-14-6-4-8(13-14)7-12-9-3-2-5-11-10(9)15/h4,6,9,12H,2-3,5,7H2,1H3,(H,11,15). The van der Waals surface area contributed by atoms with Gasteiger partial charge in [-0.05, 0) is 18.9 Å². The van der Waals surface area contributed by atoms with Crippen molar-refractivity contribution in [3.63, 3.8) is 0 Å². The number of carbonyl (C=O) groups excluding carboxylic acids is 1. The summed E-state index contributed by atoms with van der Waals surface area (Å²) in [6.07, 6.45) is 3.86. The van der Waals surface area contributed by atoms with Crippen molar-refractivity contribution in [3.8, 4) is 0 Å². The molecule has 1 unspecified atom stereocenters. The number of rotatable bonds is 3. The molecule has 5 nitrogen and oxygen atoms in total. The second-order valence-corrected chi connectivity index (χ2v) is 3.85. The van der Waals surface area contributed by atoms with Crippen LogP contribution in [0.2, 0.25) is 0 Å². The van der Waals surface area contributed by atoms with Crippen LogP contribution in [0.4, 0.5) is 0 Å². The zero-order valence-electron chi connectivity index (χ0n) is 8.86. The minimum Gasteiger partial charge on any atom is -0.355 e. The second kappa shape index (κ2) is 4.44. The Balaban J connectivity index is 1.84. The number of hydrogen-bond acceptors (Lipinski definition) is 3. The molecule has 1 amide bonds. The molecule has 15 heavy (non-hydrogen) atoms. The first kappa shape index (κ1) is 10.2. The van der Waals surface area contributed by atoms with Crippen LogP contribution in [0.25, 0.3) is 0 Å². The molecule has 1 fully saturated rings. The van der Waals surface area contributed by atoms with Crippen LogP contribution in [0, 0.1) is 0 Å². The molecule has 0 bridgehead atoms. The predicted octanol–water partition coefficient (Wildman–Crippen LogP) is -0.212. The summed E-state index contributed by atoms with van der Waals surface area (Å²) in [6.45, 7) is 1.46. The highest BCUT2D eigenvalue weighted by molar-refractivity contribution is 5.82. The van der Waals surface area contributed by atoms with Crippen molar-refractivity contribution in [1.29, 1.82) is 0 Å². The fourth-order valence-corrected chi connectivity index (χ4v) is 1.75. The Morgan fingerprint density at radius 2 is 2.60 bits per heavy atom. The Kier molecular flexibility index (Phi) is 3.01. The maximum Gasteiger partial charge on any atom is 0.237 e. The number of hydrogen-bond donors (Lipinski definition) is 2. The predicted molar refractivity (Wildman–Crippen MR) is 56.1 cm³/mol. The lowest BCUT2D eigenvalue weighted by molar-refractivity contribution is -0.124. The van der Waals surface area contributed by atoms with Crippen LogP contribution in [-0.4, -0.2) is 28.3 Å². The number of carbonyl (C=O) groups is 1. The summed E-state index contributed by atoms with van der Waals surface area (Å²) in [5.41, 5.74) is 0.968. The van der Waals surface area contributed by atoms with Gasteiger partial charge in [0.25, 0.3) is 0 Å². The molecule has 2 heterocycles. The van der Waals surface area contributed by atoms with Crippen LogP contribution in [0.5, 0.6) is 0 Å². The summed E-state index contributed by atoms with van der Waals surface area (Å²) in [6, 6.07) is 1.90. The zero-order chi connectivity index (χ0) is 10.7. The minimum atomic E-state index is -0.0549. The maximum atomic E-state index is 11.4. The molecule has 0 radical (unpaired) electrons. The molecule has 0 saturated carbocycles. The number of nitrogens with one attached hydrogen (secondary N) is 2. The molecule has 1 atom stereocenters. The molecule has 0 spiro atoms. The van der Waals surface area contributed by atoms with E-state index in [-0.39, 0.29) is 11.9 Å². The second-order valence-electron chi connectivity index (χ2n) is 3.85. The van der Waals surface area contributed by atoms with Gasteiger partial charge < -0.3 is 10.6 Å². The van der Waals surface area contributed by atoms with E-state index in [2.05, 4.69) is 15.7 Å². The first-order valence-corrected chi connectivity index (χ1v) is 5.25. The third kappa shape index (κ3) is 2.56. The van der Waals surface area contributed by atoms with Crippen molar-refractivity contribution >= 4 is 5.91 Å². The summed E-state index contributed by atoms with van der Waals surface area (Å²) in [5, 5.41) is 10.3. The smallest absolute Gasteiger partial charge is 0.237 e. The molecule has 1 aliphatic heterocycles. The Morgan fingerprint density at radius 3 is 3.27 bits per heavy atom. The first-order valence-electron chi connectivity index (χ1n) is 5.25. The van der Waals surface area contributed by atoms with Crippen molar-refractivity contribution in [1.82, 2.24) is 20.4 Å². The average molecular weight is 208 g/mol. The van der Waals surface area contributed by atoms with Crippen LogP contribution in [-0.2, 0) is 18.4 Å². The van der Waals surface area contributed by atoms with Crippen LogP contribution >= 0.6 is 0 Å². The Bertz CT molecular complexity index is 347. The van der Waals surface area contributed by atoms with Crippen LogP contribution in [0.1, 0.15) is 18.5 Å². The zero-order valence-corrected chi connectivity index (χ0v) is 8.86. The van der Waals surface area contributed by atoms with E-state index in [1.54, 1.807) is 4.68 Å². The molecule has 2 N–H and O–H groups in total. The topological polar surface area (TPSA) is 59.0 Å². The summed E-state index contributed by atoms with van der Waals surface area (Å²) < 4.78 is 1.76. The van der Waals surface area contributed by atoms with Crippen molar-refractivity contribution in [2.45, 2.75) is 25.4 Å². The molecule has 1 aromatic heterocycles. The normalized spacial score (nSPS) is 21.4. The summed E-state index contributed by atoms with van der Waals surface area (Å²) in [5.74, 6) is 0.109. The Morgan fingerprint density at radius 1 is 1.73 bits per heavy atom. The lowest BCUT2D eigenvalue weighted by Gasteiger charge is -2.22. The minimum absolute atomic E-state index is 0.0549. The molecule has 0 aliphatic carbocycles. The molecule has 1 saturated heterocycles. The van der Waals surface area contributed by atoms with E-state index in [4.69, 9.17) is 0 Å². The third-order valence-corrected chi connectivity index (χ3v) is 2.58. The molecule has 2 rings (SSSR count). The highest BCUT2D eigenvalue weighted by Gasteiger charge is 2.20. The van der Waals surface area contributed by atoms with Gasteiger partial charge in [0.2, 0.25) is 5.91 Å². The van der Waals surface area contributed by atoms with Crippen molar-refractivity contribution in [3.05, 3.63) is 18.0 Å². The van der Waals surface area contributed by atoms with E-state index in [0.29, 0.717) is 6.54 Å². The summed E-state index contributed by atoms with van der Waals surface area (Å²) in [4.78, 5) is 11.4. The van der Waals surface area contributed by atoms with Gasteiger partial charge in [0.05, 0.1) is 11.7 Å². The number of aryl methyl sites for hydroxylation is 1. The number of amides is 1. The van der Waals surface area contributed by atoms with Crippen LogP contribution in [0.15, 0.2) is 12.3 Å². The molecule has 1 aromatic rings. The van der Waals surface area contributed by atoms with Gasteiger partial charge in [0, 0.05) is 26.3 Å². The maximum absolute atomic E-state index is 11.4. The fraction of sp³-hybridized carbons (Fsp3) is 0.600. The van der Waals surface area contributed by atoms with Crippen molar-refractivity contribution in [2.24, 2.45) is 7.05 Å². The SMILES string of the molecule is Cn1ccc(CNC2CCCNC2=O)n1. The average Bonchev–Trinajstić information content (AvgIpc) is 2.63. The number of nitrogens with zero attached hydrogens (tertiary/aromatic N) is 2. The number of aromatic nitrogens is 2. The van der Waals surface area contributed by atoms with Crippen LogP contribution < -0.4 is 10.6 Å². The highest BCUT2D eigenvalue weighted by Crippen LogP contribution is 2.04. The molecular formula is C10H16N4O. The van der Waals surface area contributed by atoms with Crippen molar-refractivity contribution in [2.75, 3.05) is 6.54 Å². The lowest BCUT2D eigenvalue weighted by atomic mass is 10.1.